The topological polar surface area (TPSA) is 55.4 Å². The molecule has 7 atom stereocenters. The van der Waals surface area contributed by atoms with Gasteiger partial charge in [-0.05, 0) is 67.8 Å². The highest BCUT2D eigenvalue weighted by Crippen LogP contribution is 2.65. The Morgan fingerprint density at radius 3 is 2.71 bits per heavy atom. The lowest BCUT2D eigenvalue weighted by Crippen LogP contribution is -2.59. The molecule has 132 valence electrons. The van der Waals surface area contributed by atoms with Gasteiger partial charge in [0.15, 0.2) is 0 Å². The minimum Gasteiger partial charge on any atom is -0.469 e. The number of amides is 1. The summed E-state index contributed by atoms with van der Waals surface area (Å²) in [5.41, 5.74) is 0.167. The van der Waals surface area contributed by atoms with Gasteiger partial charge in [-0.1, -0.05) is 19.9 Å². The van der Waals surface area contributed by atoms with E-state index < -0.39 is 0 Å². The van der Waals surface area contributed by atoms with Crippen LogP contribution < -0.4 is 5.32 Å². The van der Waals surface area contributed by atoms with Gasteiger partial charge >= 0.3 is 5.97 Å². The third kappa shape index (κ3) is 2.04. The first-order valence-corrected chi connectivity index (χ1v) is 9.47. The number of rotatable bonds is 1. The summed E-state index contributed by atoms with van der Waals surface area (Å²) in [4.78, 5) is 24.0. The number of hydrogen-bond acceptors (Lipinski definition) is 3. The van der Waals surface area contributed by atoms with Gasteiger partial charge in [0.1, 0.15) is 0 Å². The second-order valence-electron chi connectivity index (χ2n) is 8.91. The zero-order chi connectivity index (χ0) is 17.1. The highest BCUT2D eigenvalue weighted by molar-refractivity contribution is 5.89. The van der Waals surface area contributed by atoms with Crippen molar-refractivity contribution in [1.82, 2.24) is 5.32 Å². The Balaban J connectivity index is 1.64. The van der Waals surface area contributed by atoms with Crippen LogP contribution in [0.4, 0.5) is 0 Å². The lowest BCUT2D eigenvalue weighted by Gasteiger charge is -2.58. The van der Waals surface area contributed by atoms with Gasteiger partial charge < -0.3 is 10.1 Å². The van der Waals surface area contributed by atoms with Crippen LogP contribution in [0.25, 0.3) is 0 Å². The van der Waals surface area contributed by atoms with Crippen molar-refractivity contribution in [2.45, 2.75) is 58.4 Å². The molecule has 0 bridgehead atoms. The van der Waals surface area contributed by atoms with Crippen LogP contribution in [-0.4, -0.2) is 25.0 Å². The maximum Gasteiger partial charge on any atom is 0.309 e. The van der Waals surface area contributed by atoms with Gasteiger partial charge in [0, 0.05) is 11.5 Å². The fourth-order valence-corrected chi connectivity index (χ4v) is 6.86. The lowest BCUT2D eigenvalue weighted by molar-refractivity contribution is -0.153. The van der Waals surface area contributed by atoms with Gasteiger partial charge in [-0.2, -0.15) is 0 Å². The summed E-state index contributed by atoms with van der Waals surface area (Å²) in [6.45, 7) is 4.66. The molecule has 4 heteroatoms. The van der Waals surface area contributed by atoms with Crippen LogP contribution in [-0.2, 0) is 14.3 Å². The summed E-state index contributed by atoms with van der Waals surface area (Å²) in [5, 5.41) is 3.20. The molecular weight excluding hydrogens is 302 g/mol. The molecular formula is C20H29NO3. The number of fused-ring (bicyclic) bond motifs is 5. The predicted octanol–water partition coefficient (Wildman–Crippen LogP) is 3.07. The molecule has 1 N–H and O–H groups in total. The zero-order valence-electron chi connectivity index (χ0n) is 15.0. The molecule has 1 aliphatic heterocycles. The van der Waals surface area contributed by atoms with E-state index in [-0.39, 0.29) is 34.7 Å². The first-order valence-electron chi connectivity index (χ1n) is 9.47. The minimum absolute atomic E-state index is 0.0110. The highest BCUT2D eigenvalue weighted by atomic mass is 16.5. The first kappa shape index (κ1) is 16.2. The molecule has 0 aromatic carbocycles. The van der Waals surface area contributed by atoms with Gasteiger partial charge in [0.25, 0.3) is 0 Å². The third-order valence-electron chi connectivity index (χ3n) is 8.17. The molecule has 4 nitrogen and oxygen atoms in total. The number of methoxy groups -OCH3 is 1. The van der Waals surface area contributed by atoms with E-state index in [1.807, 2.05) is 0 Å². The summed E-state index contributed by atoms with van der Waals surface area (Å²) in [7, 11) is 1.52. The molecule has 1 amide bonds. The Morgan fingerprint density at radius 1 is 1.17 bits per heavy atom. The Morgan fingerprint density at radius 2 is 1.96 bits per heavy atom. The van der Waals surface area contributed by atoms with Gasteiger partial charge in [0.2, 0.25) is 5.91 Å². The monoisotopic (exact) mass is 331 g/mol. The summed E-state index contributed by atoms with van der Waals surface area (Å²) < 4.78 is 5.10. The average molecular weight is 331 g/mol. The van der Waals surface area contributed by atoms with Crippen LogP contribution in [0.2, 0.25) is 0 Å². The molecule has 24 heavy (non-hydrogen) atoms. The molecule has 0 aromatic rings. The molecule has 0 unspecified atom stereocenters. The van der Waals surface area contributed by atoms with Crippen molar-refractivity contribution in [3.8, 4) is 0 Å². The molecule has 0 spiro atoms. The highest BCUT2D eigenvalue weighted by Gasteiger charge is 2.61. The summed E-state index contributed by atoms with van der Waals surface area (Å²) >= 11 is 0. The number of carbonyl (C=O) groups is 2. The van der Waals surface area contributed by atoms with Crippen molar-refractivity contribution in [2.75, 3.05) is 7.11 Å². The fraction of sp³-hybridized carbons (Fsp3) is 0.800. The van der Waals surface area contributed by atoms with E-state index in [9.17, 15) is 9.59 Å². The molecule has 3 fully saturated rings. The van der Waals surface area contributed by atoms with E-state index in [0.717, 1.165) is 32.1 Å². The Hall–Kier alpha value is -1.32. The fourth-order valence-electron chi connectivity index (χ4n) is 6.86. The number of ether oxygens (including phenoxy) is 1. The SMILES string of the molecule is COC(=O)[C@H]1CC[C@H]2[C@H]3CC[C@H]4NC(=O)C=C[C@]4(C)[C@@H]3CC[C@]12C. The van der Waals surface area contributed by atoms with Crippen LogP contribution in [0.15, 0.2) is 12.2 Å². The van der Waals surface area contributed by atoms with Crippen molar-refractivity contribution >= 4 is 11.9 Å². The third-order valence-corrected chi connectivity index (χ3v) is 8.17. The number of nitrogens with one attached hydrogen (secondary N) is 1. The molecule has 3 aliphatic carbocycles. The molecule has 4 aliphatic rings. The second-order valence-corrected chi connectivity index (χ2v) is 8.91. The van der Waals surface area contributed by atoms with Gasteiger partial charge in [-0.3, -0.25) is 9.59 Å². The second kappa shape index (κ2) is 5.34. The van der Waals surface area contributed by atoms with Gasteiger partial charge in [-0.15, -0.1) is 0 Å². The van der Waals surface area contributed by atoms with Crippen LogP contribution in [0.1, 0.15) is 52.4 Å². The minimum atomic E-state index is -0.0110. The normalized spacial score (nSPS) is 49.6. The number of esters is 1. The predicted molar refractivity (Wildman–Crippen MR) is 91.0 cm³/mol. The van der Waals surface area contributed by atoms with Crippen molar-refractivity contribution in [1.29, 1.82) is 0 Å². The lowest BCUT2D eigenvalue weighted by atomic mass is 9.48. The standard InChI is InChI=1S/C20H29NO3/c1-19-10-8-14-12(13(19)5-6-15(19)18(23)24-3)4-7-16-20(14,2)11-9-17(22)21-16/h9,11-16H,4-8,10H2,1-3H3,(H,21,22)/t12-,13+,14-,15-,16-,19+,20-/m1/s1. The number of carbonyl (C=O) groups excluding carboxylic acids is 2. The van der Waals surface area contributed by atoms with Crippen LogP contribution in [0.3, 0.4) is 0 Å². The first-order chi connectivity index (χ1) is 11.4. The van der Waals surface area contributed by atoms with E-state index in [1.54, 1.807) is 6.08 Å². The summed E-state index contributed by atoms with van der Waals surface area (Å²) in [6.07, 6.45) is 10.5. The van der Waals surface area contributed by atoms with E-state index in [0.29, 0.717) is 17.8 Å². The van der Waals surface area contributed by atoms with Crippen molar-refractivity contribution in [3.05, 3.63) is 12.2 Å². The van der Waals surface area contributed by atoms with E-state index in [2.05, 4.69) is 25.2 Å². The average Bonchev–Trinajstić information content (AvgIpc) is 2.92. The van der Waals surface area contributed by atoms with Crippen molar-refractivity contribution in [2.24, 2.45) is 34.5 Å². The summed E-state index contributed by atoms with van der Waals surface area (Å²) in [5.74, 6) is 2.01. The molecule has 4 rings (SSSR count). The van der Waals surface area contributed by atoms with E-state index >= 15 is 0 Å². The summed E-state index contributed by atoms with van der Waals surface area (Å²) in [6, 6.07) is 0.276. The Labute approximate surface area is 144 Å². The molecule has 1 heterocycles. The van der Waals surface area contributed by atoms with Crippen LogP contribution in [0, 0.1) is 34.5 Å². The zero-order valence-corrected chi connectivity index (χ0v) is 15.0. The van der Waals surface area contributed by atoms with E-state index in [1.165, 1.54) is 13.5 Å². The molecule has 3 saturated carbocycles. The molecule has 0 aromatic heterocycles. The molecule has 0 radical (unpaired) electrons. The Bertz CT molecular complexity index is 600. The van der Waals surface area contributed by atoms with Crippen LogP contribution in [0.5, 0.6) is 0 Å². The van der Waals surface area contributed by atoms with Gasteiger partial charge in [0.05, 0.1) is 13.0 Å². The van der Waals surface area contributed by atoms with Crippen molar-refractivity contribution in [3.63, 3.8) is 0 Å². The van der Waals surface area contributed by atoms with Gasteiger partial charge in [-0.25, -0.2) is 0 Å². The Kier molecular flexibility index (Phi) is 3.59. The maximum absolute atomic E-state index is 12.3. The largest absolute Gasteiger partial charge is 0.469 e. The maximum atomic E-state index is 12.3. The molecule has 0 saturated heterocycles. The van der Waals surface area contributed by atoms with Crippen LogP contribution >= 0.6 is 0 Å². The quantitative estimate of drug-likeness (QED) is 0.751. The van der Waals surface area contributed by atoms with Crippen molar-refractivity contribution < 1.29 is 14.3 Å². The smallest absolute Gasteiger partial charge is 0.309 e. The van der Waals surface area contributed by atoms with E-state index in [4.69, 9.17) is 4.74 Å². The number of hydrogen-bond donors (Lipinski definition) is 1.